The van der Waals surface area contributed by atoms with E-state index in [1.807, 2.05) is 25.2 Å². The molecule has 0 fully saturated rings. The first-order chi connectivity index (χ1) is 8.09. The normalized spacial score (nSPS) is 11.2. The Labute approximate surface area is 97.8 Å². The standard InChI is InChI=1S/C10H12N6O/c1-7(17)9-8(4-5-15(2)3)16-10(14-13-9)11-6-12-16/h4-6H,1-3H3. The van der Waals surface area contributed by atoms with Crippen LogP contribution in [0, 0.1) is 0 Å². The number of nitrogens with zero attached hydrogens (tertiary/aromatic N) is 6. The molecular weight excluding hydrogens is 220 g/mol. The lowest BCUT2D eigenvalue weighted by molar-refractivity contribution is 0.101. The highest BCUT2D eigenvalue weighted by Crippen LogP contribution is 2.09. The third-order valence-corrected chi connectivity index (χ3v) is 2.10. The molecule has 7 nitrogen and oxygen atoms in total. The number of ketones is 1. The molecule has 0 aliphatic heterocycles. The van der Waals surface area contributed by atoms with Crippen molar-refractivity contribution in [3.05, 3.63) is 23.9 Å². The monoisotopic (exact) mass is 232 g/mol. The first kappa shape index (κ1) is 11.2. The second-order valence-electron chi connectivity index (χ2n) is 3.74. The van der Waals surface area contributed by atoms with Gasteiger partial charge >= 0.3 is 0 Å². The van der Waals surface area contributed by atoms with Crippen LogP contribution in [0.15, 0.2) is 12.5 Å². The Balaban J connectivity index is 2.65. The SMILES string of the molecule is CC(=O)c1nnc2ncnn2c1C=CN(C)C. The first-order valence-corrected chi connectivity index (χ1v) is 5.01. The van der Waals surface area contributed by atoms with Crippen LogP contribution in [0.4, 0.5) is 0 Å². The number of aromatic nitrogens is 5. The highest BCUT2D eigenvalue weighted by atomic mass is 16.1. The van der Waals surface area contributed by atoms with Crippen molar-refractivity contribution >= 4 is 17.6 Å². The van der Waals surface area contributed by atoms with Crippen LogP contribution in [-0.2, 0) is 0 Å². The van der Waals surface area contributed by atoms with Crippen LogP contribution in [0.5, 0.6) is 0 Å². The lowest BCUT2D eigenvalue weighted by Crippen LogP contribution is -2.10. The second-order valence-corrected chi connectivity index (χ2v) is 3.74. The quantitative estimate of drug-likeness (QED) is 0.706. The summed E-state index contributed by atoms with van der Waals surface area (Å²) in [5.74, 6) is 0.210. The van der Waals surface area contributed by atoms with Crippen LogP contribution in [0.2, 0.25) is 0 Å². The zero-order valence-corrected chi connectivity index (χ0v) is 9.82. The summed E-state index contributed by atoms with van der Waals surface area (Å²) in [4.78, 5) is 17.2. The van der Waals surface area contributed by atoms with E-state index in [1.165, 1.54) is 17.8 Å². The molecule has 0 saturated carbocycles. The molecule has 88 valence electrons. The Morgan fingerprint density at radius 1 is 1.41 bits per heavy atom. The maximum absolute atomic E-state index is 11.5. The summed E-state index contributed by atoms with van der Waals surface area (Å²) in [6.07, 6.45) is 4.94. The van der Waals surface area contributed by atoms with Gasteiger partial charge in [-0.25, -0.2) is 0 Å². The lowest BCUT2D eigenvalue weighted by atomic mass is 10.2. The van der Waals surface area contributed by atoms with Crippen molar-refractivity contribution in [3.63, 3.8) is 0 Å². The zero-order chi connectivity index (χ0) is 12.4. The summed E-state index contributed by atoms with van der Waals surface area (Å²) >= 11 is 0. The molecule has 0 aromatic carbocycles. The van der Waals surface area contributed by atoms with Gasteiger partial charge in [-0.05, 0) is 6.08 Å². The average Bonchev–Trinajstić information content (AvgIpc) is 2.73. The predicted octanol–water partition coefficient (Wildman–Crippen LogP) is 0.254. The van der Waals surface area contributed by atoms with E-state index in [-0.39, 0.29) is 11.5 Å². The smallest absolute Gasteiger partial charge is 0.272 e. The van der Waals surface area contributed by atoms with Crippen molar-refractivity contribution in [1.29, 1.82) is 0 Å². The van der Waals surface area contributed by atoms with E-state index in [0.717, 1.165) is 0 Å². The van der Waals surface area contributed by atoms with Crippen LogP contribution in [0.25, 0.3) is 11.9 Å². The molecule has 7 heteroatoms. The second kappa shape index (κ2) is 4.28. The van der Waals surface area contributed by atoms with Crippen molar-refractivity contribution in [3.8, 4) is 0 Å². The van der Waals surface area contributed by atoms with Gasteiger partial charge < -0.3 is 4.90 Å². The van der Waals surface area contributed by atoms with Gasteiger partial charge in [0.15, 0.2) is 11.5 Å². The molecule has 2 heterocycles. The summed E-state index contributed by atoms with van der Waals surface area (Å²) in [7, 11) is 3.77. The molecule has 0 spiro atoms. The maximum Gasteiger partial charge on any atom is 0.272 e. The van der Waals surface area contributed by atoms with E-state index in [4.69, 9.17) is 0 Å². The Morgan fingerprint density at radius 3 is 2.82 bits per heavy atom. The minimum atomic E-state index is -0.159. The number of carbonyl (C=O) groups is 1. The predicted molar refractivity (Wildman–Crippen MR) is 61.3 cm³/mol. The largest absolute Gasteiger partial charge is 0.383 e. The molecule has 2 rings (SSSR count). The van der Waals surface area contributed by atoms with Crippen molar-refractivity contribution in [2.75, 3.05) is 14.1 Å². The van der Waals surface area contributed by atoms with Gasteiger partial charge in [0.1, 0.15) is 12.0 Å². The van der Waals surface area contributed by atoms with Crippen LogP contribution in [-0.4, -0.2) is 49.6 Å². The van der Waals surface area contributed by atoms with Gasteiger partial charge in [0.05, 0.1) is 0 Å². The lowest BCUT2D eigenvalue weighted by Gasteiger charge is -2.05. The number of carbonyl (C=O) groups excluding carboxylic acids is 1. The summed E-state index contributed by atoms with van der Waals surface area (Å²) in [5, 5.41) is 11.7. The highest BCUT2D eigenvalue weighted by Gasteiger charge is 2.13. The summed E-state index contributed by atoms with van der Waals surface area (Å²) in [6.45, 7) is 1.44. The fourth-order valence-corrected chi connectivity index (χ4v) is 1.34. The van der Waals surface area contributed by atoms with Crippen molar-refractivity contribution < 1.29 is 4.79 Å². The number of Topliss-reactive ketones (excluding diaryl/α,β-unsaturated/α-hetero) is 1. The van der Waals surface area contributed by atoms with Crippen molar-refractivity contribution in [2.45, 2.75) is 6.92 Å². The van der Waals surface area contributed by atoms with E-state index in [9.17, 15) is 4.79 Å². The fraction of sp³-hybridized carbons (Fsp3) is 0.300. The van der Waals surface area contributed by atoms with Crippen LogP contribution in [0.3, 0.4) is 0 Å². The minimum Gasteiger partial charge on any atom is -0.383 e. The van der Waals surface area contributed by atoms with Crippen LogP contribution < -0.4 is 0 Å². The number of hydrogen-bond acceptors (Lipinski definition) is 6. The molecular formula is C10H12N6O. The number of hydrogen-bond donors (Lipinski definition) is 0. The zero-order valence-electron chi connectivity index (χ0n) is 9.82. The fourth-order valence-electron chi connectivity index (χ4n) is 1.34. The van der Waals surface area contributed by atoms with Gasteiger partial charge in [-0.3, -0.25) is 4.79 Å². The van der Waals surface area contributed by atoms with Gasteiger partial charge in [-0.2, -0.15) is 14.6 Å². The summed E-state index contributed by atoms with van der Waals surface area (Å²) < 4.78 is 1.49. The number of rotatable bonds is 3. The summed E-state index contributed by atoms with van der Waals surface area (Å²) in [5.41, 5.74) is 0.856. The van der Waals surface area contributed by atoms with E-state index in [0.29, 0.717) is 11.5 Å². The Bertz CT molecular complexity index is 585. The number of fused-ring (bicyclic) bond motifs is 1. The molecule has 0 unspecified atom stereocenters. The molecule has 2 aromatic heterocycles. The third kappa shape index (κ3) is 2.12. The molecule has 17 heavy (non-hydrogen) atoms. The Morgan fingerprint density at radius 2 is 2.18 bits per heavy atom. The van der Waals surface area contributed by atoms with E-state index in [2.05, 4.69) is 20.3 Å². The first-order valence-electron chi connectivity index (χ1n) is 5.01. The van der Waals surface area contributed by atoms with E-state index >= 15 is 0 Å². The van der Waals surface area contributed by atoms with Gasteiger partial charge in [-0.1, -0.05) is 0 Å². The molecule has 0 radical (unpaired) electrons. The van der Waals surface area contributed by atoms with Crippen LogP contribution in [0.1, 0.15) is 23.1 Å². The highest BCUT2D eigenvalue weighted by molar-refractivity contribution is 5.95. The topological polar surface area (TPSA) is 76.3 Å². The molecule has 0 atom stereocenters. The molecule has 0 amide bonds. The van der Waals surface area contributed by atoms with Crippen molar-refractivity contribution in [2.24, 2.45) is 0 Å². The third-order valence-electron chi connectivity index (χ3n) is 2.10. The molecule has 0 aliphatic rings. The molecule has 0 N–H and O–H groups in total. The molecule has 0 bridgehead atoms. The Hall–Kier alpha value is -2.31. The summed E-state index contributed by atoms with van der Waals surface area (Å²) in [6, 6.07) is 0. The molecule has 2 aromatic rings. The van der Waals surface area contributed by atoms with Gasteiger partial charge in [-0.15, -0.1) is 10.2 Å². The Kier molecular flexibility index (Phi) is 2.82. The van der Waals surface area contributed by atoms with E-state index < -0.39 is 0 Å². The van der Waals surface area contributed by atoms with Gasteiger partial charge in [0.2, 0.25) is 0 Å². The van der Waals surface area contributed by atoms with Gasteiger partial charge in [0, 0.05) is 27.2 Å². The van der Waals surface area contributed by atoms with Crippen LogP contribution >= 0.6 is 0 Å². The molecule has 0 saturated heterocycles. The van der Waals surface area contributed by atoms with Gasteiger partial charge in [0.25, 0.3) is 5.78 Å². The average molecular weight is 232 g/mol. The van der Waals surface area contributed by atoms with Crippen molar-refractivity contribution in [1.82, 2.24) is 29.7 Å². The van der Waals surface area contributed by atoms with E-state index in [1.54, 1.807) is 6.08 Å². The minimum absolute atomic E-state index is 0.159. The molecule has 0 aliphatic carbocycles. The maximum atomic E-state index is 11.5.